The van der Waals surface area contributed by atoms with E-state index in [-0.39, 0.29) is 16.7 Å². The minimum Gasteiger partial charge on any atom is -0.563 e. The molecule has 0 aromatic carbocycles. The molecule has 0 amide bonds. The van der Waals surface area contributed by atoms with Gasteiger partial charge in [0.15, 0.2) is 0 Å². The normalized spacial score (nSPS) is 10.2. The first kappa shape index (κ1) is 18.7. The predicted octanol–water partition coefficient (Wildman–Crippen LogP) is -0.788. The summed E-state index contributed by atoms with van der Waals surface area (Å²) in [5.41, 5.74) is 0.810. The van der Waals surface area contributed by atoms with Gasteiger partial charge in [-0.2, -0.15) is 0 Å². The Balaban J connectivity index is -0.000000150. The van der Waals surface area contributed by atoms with Gasteiger partial charge in [0.1, 0.15) is 4.31 Å². The molecule has 13 heavy (non-hydrogen) atoms. The quantitative estimate of drug-likeness (QED) is 0.381. The Morgan fingerprint density at radius 1 is 1.46 bits per heavy atom. The molecule has 6 nitrogen and oxygen atoms in total. The number of aliphatic hydroxyl groups excluding tert-OH is 1. The van der Waals surface area contributed by atoms with Gasteiger partial charge in [-0.05, 0) is 16.1 Å². The van der Waals surface area contributed by atoms with Crippen molar-refractivity contribution in [3.8, 4) is 0 Å². The van der Waals surface area contributed by atoms with Gasteiger partial charge in [-0.3, -0.25) is 0 Å². The molecular formula is C4H8BeO6P2+2. The molecule has 0 aromatic rings. The van der Waals surface area contributed by atoms with Crippen molar-refractivity contribution in [2.75, 3.05) is 6.61 Å². The van der Waals surface area contributed by atoms with Crippen molar-refractivity contribution in [3.05, 3.63) is 12.2 Å². The minimum atomic E-state index is -3.24. The summed E-state index contributed by atoms with van der Waals surface area (Å²) in [6, 6.07) is 0. The fourth-order valence-electron chi connectivity index (χ4n) is 0.0544. The van der Waals surface area contributed by atoms with Crippen molar-refractivity contribution in [2.45, 2.75) is 6.92 Å². The van der Waals surface area contributed by atoms with Crippen LogP contribution in [-0.4, -0.2) is 21.8 Å². The molecule has 0 aliphatic carbocycles. The molecule has 0 rings (SSSR count). The van der Waals surface area contributed by atoms with Crippen molar-refractivity contribution >= 4 is 26.6 Å². The molecule has 0 radical (unpaired) electrons. The van der Waals surface area contributed by atoms with Crippen molar-refractivity contribution in [2.24, 2.45) is 0 Å². The Hall–Kier alpha value is -0.0512. The van der Waals surface area contributed by atoms with Crippen molar-refractivity contribution < 1.29 is 28.3 Å². The Labute approximate surface area is 81.4 Å². The second kappa shape index (κ2) is 11.9. The maximum Gasteiger partial charge on any atom is 2.00 e. The summed E-state index contributed by atoms with van der Waals surface area (Å²) in [7, 11) is -6.47. The van der Waals surface area contributed by atoms with Crippen LogP contribution in [0.4, 0.5) is 0 Å². The third kappa shape index (κ3) is 33.4. The van der Waals surface area contributed by atoms with Crippen LogP contribution in [0.1, 0.15) is 6.92 Å². The smallest absolute Gasteiger partial charge is 0.563 e. The van der Waals surface area contributed by atoms with E-state index >= 15 is 0 Å². The molecular weight excluding hydrogens is 215 g/mol. The summed E-state index contributed by atoms with van der Waals surface area (Å²) in [6.07, 6.45) is 0. The average Bonchev–Trinajstić information content (AvgIpc) is 1.85. The molecule has 1 N–H and O–H groups in total. The van der Waals surface area contributed by atoms with E-state index in [2.05, 4.69) is 10.9 Å². The number of hydrogen-bond donors (Lipinski definition) is 1. The van der Waals surface area contributed by atoms with E-state index < -0.39 is 16.5 Å². The van der Waals surface area contributed by atoms with Crippen LogP contribution in [0.2, 0.25) is 0 Å². The van der Waals surface area contributed by atoms with Gasteiger partial charge in [0.05, 0.1) is 6.61 Å². The number of aliphatic hydroxyl groups is 1. The zero-order valence-electron chi connectivity index (χ0n) is 7.00. The van der Waals surface area contributed by atoms with E-state index in [0.717, 1.165) is 5.57 Å². The first-order chi connectivity index (χ1) is 5.40. The topological polar surface area (TPSA) is 110 Å². The SMILES string of the molecule is C=C(C)CO.O=[P+]([O-])O[P+](=O)[O-].[Be+2]. The maximum atomic E-state index is 9.24. The molecule has 0 heterocycles. The third-order valence-electron chi connectivity index (χ3n) is 0.403. The Bertz CT molecular complexity index is 171. The van der Waals surface area contributed by atoms with E-state index in [1.807, 2.05) is 0 Å². The second-order valence-electron chi connectivity index (χ2n) is 1.64. The van der Waals surface area contributed by atoms with Crippen LogP contribution in [0.25, 0.3) is 0 Å². The van der Waals surface area contributed by atoms with Crippen LogP contribution in [0.15, 0.2) is 12.2 Å². The second-order valence-corrected chi connectivity index (χ2v) is 3.19. The molecule has 70 valence electrons. The molecule has 0 saturated heterocycles. The standard InChI is InChI=1S/C4H8O.Be.O5P2/c1-4(2)3-5;;1-6(2)5-7(3)4/h5H,1,3H2,2H3;;/q;+2;. The third-order valence-corrected chi connectivity index (χ3v) is 1.47. The molecule has 0 aliphatic rings. The summed E-state index contributed by atoms with van der Waals surface area (Å²) in [5.74, 6) is 0. The Morgan fingerprint density at radius 3 is 1.69 bits per heavy atom. The molecule has 0 spiro atoms. The largest absolute Gasteiger partial charge is 2.00 e. The van der Waals surface area contributed by atoms with Crippen LogP contribution in [0.3, 0.4) is 0 Å². The predicted molar refractivity (Wildman–Crippen MR) is 44.0 cm³/mol. The first-order valence-electron chi connectivity index (χ1n) is 2.62. The average molecular weight is 223 g/mol. The van der Waals surface area contributed by atoms with Crippen molar-refractivity contribution in [1.29, 1.82) is 0 Å². The van der Waals surface area contributed by atoms with Gasteiger partial charge in [-0.25, -0.2) is 0 Å². The molecule has 0 saturated carbocycles. The van der Waals surface area contributed by atoms with Gasteiger partial charge in [-0.1, -0.05) is 12.2 Å². The Morgan fingerprint density at radius 2 is 1.69 bits per heavy atom. The van der Waals surface area contributed by atoms with E-state index in [9.17, 15) is 18.9 Å². The van der Waals surface area contributed by atoms with Crippen LogP contribution in [0, 0.1) is 0 Å². The van der Waals surface area contributed by atoms with Gasteiger partial charge in [0.25, 0.3) is 0 Å². The van der Waals surface area contributed by atoms with Gasteiger partial charge < -0.3 is 14.9 Å². The number of rotatable bonds is 3. The van der Waals surface area contributed by atoms with Gasteiger partial charge in [0.2, 0.25) is 0 Å². The summed E-state index contributed by atoms with van der Waals surface area (Å²) in [4.78, 5) is 18.5. The van der Waals surface area contributed by atoms with Crippen LogP contribution in [-0.2, 0) is 13.4 Å². The summed E-state index contributed by atoms with van der Waals surface area (Å²) >= 11 is 0. The van der Waals surface area contributed by atoms with E-state index in [1.165, 1.54) is 0 Å². The van der Waals surface area contributed by atoms with Crippen LogP contribution >= 0.6 is 16.5 Å². The van der Waals surface area contributed by atoms with Gasteiger partial charge in [-0.15, -0.1) is 0 Å². The van der Waals surface area contributed by atoms with Crippen molar-refractivity contribution in [3.63, 3.8) is 0 Å². The van der Waals surface area contributed by atoms with E-state index in [4.69, 9.17) is 5.11 Å². The number of hydrogen-bond acceptors (Lipinski definition) is 6. The zero-order valence-corrected chi connectivity index (χ0v) is 8.79. The maximum absolute atomic E-state index is 9.24. The monoisotopic (exact) mass is 223 g/mol. The molecule has 0 bridgehead atoms. The molecule has 0 aliphatic heterocycles. The van der Waals surface area contributed by atoms with Gasteiger partial charge >= 0.3 is 26.6 Å². The van der Waals surface area contributed by atoms with Crippen LogP contribution < -0.4 is 9.79 Å². The van der Waals surface area contributed by atoms with Crippen LogP contribution in [0.5, 0.6) is 0 Å². The molecule has 0 aromatic heterocycles. The molecule has 2 atom stereocenters. The molecule has 2 unspecified atom stereocenters. The first-order valence-corrected chi connectivity index (χ1v) is 4.81. The summed E-state index contributed by atoms with van der Waals surface area (Å²) in [5, 5.41) is 8.04. The zero-order chi connectivity index (χ0) is 10.1. The van der Waals surface area contributed by atoms with E-state index in [0.29, 0.717) is 0 Å². The fourth-order valence-corrected chi connectivity index (χ4v) is 0.490. The summed E-state index contributed by atoms with van der Waals surface area (Å²) in [6.45, 7) is 5.31. The van der Waals surface area contributed by atoms with Crippen molar-refractivity contribution in [1.82, 2.24) is 0 Å². The summed E-state index contributed by atoms with van der Waals surface area (Å²) < 4.78 is 21.6. The Kier molecular flexibility index (Phi) is 17.2. The van der Waals surface area contributed by atoms with Gasteiger partial charge in [0, 0.05) is 0 Å². The molecule has 0 fully saturated rings. The van der Waals surface area contributed by atoms with E-state index in [1.54, 1.807) is 6.92 Å². The molecule has 9 heteroatoms. The fraction of sp³-hybridized carbons (Fsp3) is 0.500. The minimum absolute atomic E-state index is 0.